The lowest BCUT2D eigenvalue weighted by atomic mass is 10.0. The molecular weight excluding hydrogens is 385 g/mol. The van der Waals surface area contributed by atoms with Crippen LogP contribution in [0.5, 0.6) is 0 Å². The Kier molecular flexibility index (Phi) is 4.26. The number of aromatic nitrogens is 2. The molecule has 28 heavy (non-hydrogen) atoms. The second-order valence-corrected chi connectivity index (χ2v) is 8.58. The van der Waals surface area contributed by atoms with Crippen molar-refractivity contribution >= 4 is 15.9 Å². The fourth-order valence-corrected chi connectivity index (χ4v) is 4.51. The van der Waals surface area contributed by atoms with Gasteiger partial charge in [0.2, 0.25) is 11.7 Å². The molecule has 0 saturated carbocycles. The molecule has 0 spiro atoms. The molecule has 0 aliphatic carbocycles. The van der Waals surface area contributed by atoms with Crippen molar-refractivity contribution in [2.75, 3.05) is 0 Å². The van der Waals surface area contributed by atoms with Gasteiger partial charge in [-0.15, -0.1) is 0 Å². The van der Waals surface area contributed by atoms with Crippen LogP contribution in [-0.2, 0) is 16.6 Å². The molecule has 0 radical (unpaired) electrons. The Morgan fingerprint density at radius 3 is 2.54 bits per heavy atom. The molecule has 1 amide bonds. The topological polar surface area (TPSA) is 93.4 Å². The van der Waals surface area contributed by atoms with Crippen LogP contribution in [0.3, 0.4) is 0 Å². The van der Waals surface area contributed by atoms with E-state index < -0.39 is 28.3 Å². The Balaban J connectivity index is 1.60. The Bertz CT molecular complexity index is 1170. The summed E-state index contributed by atoms with van der Waals surface area (Å²) in [6.45, 7) is 3.74. The fraction of sp³-hybridized carbons (Fsp3) is 0.211. The van der Waals surface area contributed by atoms with Crippen LogP contribution < -0.4 is 0 Å². The number of fused-ring (bicyclic) bond motifs is 1. The molecule has 1 aromatic heterocycles. The lowest BCUT2D eigenvalue weighted by molar-refractivity contribution is 0.0855. The van der Waals surface area contributed by atoms with Crippen LogP contribution in [0, 0.1) is 5.82 Å². The van der Waals surface area contributed by atoms with Gasteiger partial charge in [0.1, 0.15) is 17.3 Å². The first-order chi connectivity index (χ1) is 13.3. The molecule has 1 aliphatic rings. The summed E-state index contributed by atoms with van der Waals surface area (Å²) in [4.78, 5) is 16.3. The van der Waals surface area contributed by atoms with Crippen LogP contribution in [0.2, 0.25) is 0 Å². The summed E-state index contributed by atoms with van der Waals surface area (Å²) in [7, 11) is -4.17. The Morgan fingerprint density at radius 2 is 1.86 bits per heavy atom. The molecule has 7 nitrogen and oxygen atoms in total. The van der Waals surface area contributed by atoms with Crippen LogP contribution in [-0.4, -0.2) is 28.8 Å². The number of nitrogens with zero attached hydrogens (tertiary/aromatic N) is 3. The van der Waals surface area contributed by atoms with Crippen molar-refractivity contribution in [1.29, 1.82) is 0 Å². The van der Waals surface area contributed by atoms with Crippen molar-refractivity contribution in [3.63, 3.8) is 0 Å². The van der Waals surface area contributed by atoms with E-state index in [-0.39, 0.29) is 22.2 Å². The summed E-state index contributed by atoms with van der Waals surface area (Å²) >= 11 is 0. The van der Waals surface area contributed by atoms with E-state index >= 15 is 0 Å². The first-order valence-corrected chi connectivity index (χ1v) is 10.0. The molecule has 2 aromatic carbocycles. The first kappa shape index (κ1) is 18.3. The van der Waals surface area contributed by atoms with E-state index in [2.05, 4.69) is 24.0 Å². The monoisotopic (exact) mass is 401 g/mol. The van der Waals surface area contributed by atoms with E-state index in [1.807, 2.05) is 24.3 Å². The Morgan fingerprint density at radius 1 is 1.14 bits per heavy atom. The van der Waals surface area contributed by atoms with E-state index in [9.17, 15) is 17.6 Å². The van der Waals surface area contributed by atoms with E-state index in [0.717, 1.165) is 23.8 Å². The lowest BCUT2D eigenvalue weighted by Crippen LogP contribution is -2.29. The van der Waals surface area contributed by atoms with Crippen LogP contribution >= 0.6 is 0 Å². The van der Waals surface area contributed by atoms with Gasteiger partial charge >= 0.3 is 0 Å². The summed E-state index contributed by atoms with van der Waals surface area (Å²) in [5.74, 6) is -0.850. The summed E-state index contributed by atoms with van der Waals surface area (Å²) in [5, 5.41) is 3.86. The van der Waals surface area contributed by atoms with Crippen molar-refractivity contribution in [2.45, 2.75) is 31.2 Å². The fourth-order valence-electron chi connectivity index (χ4n) is 2.98. The minimum atomic E-state index is -4.17. The number of sulfonamides is 1. The molecule has 0 atom stereocenters. The van der Waals surface area contributed by atoms with Crippen molar-refractivity contribution in [1.82, 2.24) is 14.4 Å². The number of rotatable bonds is 4. The maximum Gasteiger partial charge on any atom is 0.269 e. The quantitative estimate of drug-likeness (QED) is 0.666. The van der Waals surface area contributed by atoms with Crippen LogP contribution in [0.4, 0.5) is 4.39 Å². The molecular formula is C19H16FN3O4S. The van der Waals surface area contributed by atoms with Gasteiger partial charge in [0.05, 0.1) is 5.56 Å². The molecule has 4 rings (SSSR count). The minimum absolute atomic E-state index is 0.0341. The maximum absolute atomic E-state index is 13.4. The number of carbonyl (C=O) groups excluding carboxylic acids is 1. The summed E-state index contributed by atoms with van der Waals surface area (Å²) in [5.41, 5.74) is 1.79. The Hall–Kier alpha value is -3.07. The van der Waals surface area contributed by atoms with E-state index in [0.29, 0.717) is 15.8 Å². The smallest absolute Gasteiger partial charge is 0.269 e. The van der Waals surface area contributed by atoms with Gasteiger partial charge in [-0.1, -0.05) is 43.3 Å². The number of hydrogen-bond donors (Lipinski definition) is 0. The van der Waals surface area contributed by atoms with Gasteiger partial charge in [-0.2, -0.15) is 4.98 Å². The third-order valence-corrected chi connectivity index (χ3v) is 6.32. The van der Waals surface area contributed by atoms with Crippen LogP contribution in [0.15, 0.2) is 51.9 Å². The molecule has 3 aromatic rings. The molecule has 9 heteroatoms. The number of amides is 1. The molecule has 0 fully saturated rings. The number of halogens is 1. The highest BCUT2D eigenvalue weighted by molar-refractivity contribution is 7.90. The zero-order valence-electron chi connectivity index (χ0n) is 15.1. The highest BCUT2D eigenvalue weighted by Crippen LogP contribution is 2.32. The Labute approximate surface area is 160 Å². The molecule has 0 unspecified atom stereocenters. The molecule has 0 saturated heterocycles. The van der Waals surface area contributed by atoms with Crippen molar-refractivity contribution in [3.8, 4) is 11.4 Å². The molecule has 144 valence electrons. The van der Waals surface area contributed by atoms with E-state index in [1.165, 1.54) is 0 Å². The average molecular weight is 401 g/mol. The van der Waals surface area contributed by atoms with Gasteiger partial charge in [0, 0.05) is 5.56 Å². The van der Waals surface area contributed by atoms with Crippen molar-refractivity contribution in [2.24, 2.45) is 0 Å². The number of carbonyl (C=O) groups is 1. The van der Waals surface area contributed by atoms with E-state index in [4.69, 9.17) is 4.52 Å². The third-order valence-electron chi connectivity index (χ3n) is 4.55. The van der Waals surface area contributed by atoms with Gasteiger partial charge in [-0.25, -0.2) is 17.1 Å². The predicted octanol–water partition coefficient (Wildman–Crippen LogP) is 3.34. The van der Waals surface area contributed by atoms with Crippen molar-refractivity contribution < 1.29 is 22.1 Å². The summed E-state index contributed by atoms with van der Waals surface area (Å²) in [6, 6.07) is 10.6. The van der Waals surface area contributed by atoms with Gasteiger partial charge in [-0.3, -0.25) is 4.79 Å². The largest absolute Gasteiger partial charge is 0.337 e. The molecule has 1 aliphatic heterocycles. The van der Waals surface area contributed by atoms with Gasteiger partial charge in [-0.05, 0) is 29.7 Å². The molecule has 0 N–H and O–H groups in total. The maximum atomic E-state index is 13.4. The predicted molar refractivity (Wildman–Crippen MR) is 97.3 cm³/mol. The average Bonchev–Trinajstić information content (AvgIpc) is 3.20. The highest BCUT2D eigenvalue weighted by atomic mass is 32.2. The summed E-state index contributed by atoms with van der Waals surface area (Å²) < 4.78 is 44.3. The zero-order valence-corrected chi connectivity index (χ0v) is 15.9. The SMILES string of the molecule is CC(C)c1ccc(-c2noc(CN3C(=O)c4ccc(F)cc4S3(=O)=O)n2)cc1. The zero-order chi connectivity index (χ0) is 20.1. The number of benzene rings is 2. The summed E-state index contributed by atoms with van der Waals surface area (Å²) in [6.07, 6.45) is 0. The highest BCUT2D eigenvalue weighted by Gasteiger charge is 2.42. The second kappa shape index (κ2) is 6.52. The van der Waals surface area contributed by atoms with Gasteiger partial charge in [0.25, 0.3) is 15.9 Å². The second-order valence-electron chi connectivity index (χ2n) is 6.75. The van der Waals surface area contributed by atoms with Crippen LogP contribution in [0.25, 0.3) is 11.4 Å². The van der Waals surface area contributed by atoms with Crippen LogP contribution in [0.1, 0.15) is 41.6 Å². The minimum Gasteiger partial charge on any atom is -0.337 e. The van der Waals surface area contributed by atoms with Crippen molar-refractivity contribution in [3.05, 3.63) is 65.3 Å². The molecule has 2 heterocycles. The normalized spacial score (nSPS) is 15.3. The van der Waals surface area contributed by atoms with E-state index in [1.54, 1.807) is 0 Å². The molecule has 0 bridgehead atoms. The first-order valence-electron chi connectivity index (χ1n) is 8.57. The van der Waals surface area contributed by atoms with Gasteiger partial charge in [0.15, 0.2) is 0 Å². The number of hydrogen-bond acceptors (Lipinski definition) is 6. The van der Waals surface area contributed by atoms with Gasteiger partial charge < -0.3 is 4.52 Å². The standard InChI is InChI=1S/C19H16FN3O4S/c1-11(2)12-3-5-13(6-4-12)18-21-17(27-22-18)10-23-19(24)15-8-7-14(20)9-16(15)28(23,25)26/h3-9,11H,10H2,1-2H3. The lowest BCUT2D eigenvalue weighted by Gasteiger charge is -2.11. The third kappa shape index (κ3) is 2.97.